The normalized spacial score (nSPS) is 14.7. The number of hydrogen-bond donors (Lipinski definition) is 4. The highest BCUT2D eigenvalue weighted by molar-refractivity contribution is 7.85. The van der Waals surface area contributed by atoms with Crippen LogP contribution in [0.1, 0.15) is 142 Å². The Morgan fingerprint density at radius 3 is 1.69 bits per heavy atom. The molecular weight excluding hydrogens is 514 g/mol. The van der Waals surface area contributed by atoms with Crippen molar-refractivity contribution in [1.29, 1.82) is 0 Å². The smallest absolute Gasteiger partial charge is 0.267 e. The van der Waals surface area contributed by atoms with Crippen molar-refractivity contribution in [3.8, 4) is 0 Å². The Hall–Kier alpha value is -1.22. The van der Waals surface area contributed by atoms with Gasteiger partial charge in [0.15, 0.2) is 0 Å². The van der Waals surface area contributed by atoms with E-state index in [4.69, 9.17) is 0 Å². The number of unbranched alkanes of at least 4 members (excludes halogenated alkanes) is 16. The van der Waals surface area contributed by atoms with E-state index in [1.165, 1.54) is 83.1 Å². The Balaban J connectivity index is 4.31. The standard InChI is InChI=1S/C31H59NO6S/c1-3-5-7-9-11-13-15-16-18-19-21-23-25-29(33)28(27-39(36,37)38)32-31(35)30(34)26-24-22-20-17-14-12-10-8-6-4-2/h16,18,23,25,28-30,33-34H,3-15,17,19-22,24,26-27H2,1-2H3,(H,32,35)(H,36,37,38)/b18-16+,25-23+. The van der Waals surface area contributed by atoms with Crippen molar-refractivity contribution in [3.63, 3.8) is 0 Å². The number of amides is 1. The minimum Gasteiger partial charge on any atom is -0.387 e. The lowest BCUT2D eigenvalue weighted by molar-refractivity contribution is -0.130. The van der Waals surface area contributed by atoms with E-state index in [0.717, 1.165) is 32.1 Å². The van der Waals surface area contributed by atoms with Crippen LogP contribution in [0.15, 0.2) is 24.3 Å². The van der Waals surface area contributed by atoms with Gasteiger partial charge in [-0.1, -0.05) is 134 Å². The van der Waals surface area contributed by atoms with Crippen LogP contribution >= 0.6 is 0 Å². The second-order valence-electron chi connectivity index (χ2n) is 10.9. The van der Waals surface area contributed by atoms with Gasteiger partial charge in [0.2, 0.25) is 5.91 Å². The summed E-state index contributed by atoms with van der Waals surface area (Å²) >= 11 is 0. The van der Waals surface area contributed by atoms with E-state index >= 15 is 0 Å². The summed E-state index contributed by atoms with van der Waals surface area (Å²) in [5.41, 5.74) is 0. The van der Waals surface area contributed by atoms with E-state index in [9.17, 15) is 28.0 Å². The van der Waals surface area contributed by atoms with Crippen molar-refractivity contribution in [1.82, 2.24) is 5.32 Å². The molecule has 230 valence electrons. The number of allylic oxidation sites excluding steroid dienone is 3. The van der Waals surface area contributed by atoms with Gasteiger partial charge in [0.05, 0.1) is 17.9 Å². The lowest BCUT2D eigenvalue weighted by Crippen LogP contribution is -2.50. The molecule has 7 nitrogen and oxygen atoms in total. The van der Waals surface area contributed by atoms with Gasteiger partial charge in [0.25, 0.3) is 10.1 Å². The summed E-state index contributed by atoms with van der Waals surface area (Å²) in [6, 6.07) is -1.24. The van der Waals surface area contributed by atoms with E-state index in [2.05, 4.69) is 31.3 Å². The van der Waals surface area contributed by atoms with Crippen molar-refractivity contribution in [2.24, 2.45) is 0 Å². The molecule has 0 heterocycles. The molecule has 39 heavy (non-hydrogen) atoms. The third-order valence-corrected chi connectivity index (χ3v) is 7.77. The maximum Gasteiger partial charge on any atom is 0.267 e. The van der Waals surface area contributed by atoms with Gasteiger partial charge < -0.3 is 15.5 Å². The Morgan fingerprint density at radius 1 is 0.692 bits per heavy atom. The fraction of sp³-hybridized carbons (Fsp3) is 0.839. The number of carbonyl (C=O) groups is 1. The van der Waals surface area contributed by atoms with Gasteiger partial charge in [-0.2, -0.15) is 8.42 Å². The molecule has 0 aliphatic rings. The van der Waals surface area contributed by atoms with Crippen LogP contribution in [0.5, 0.6) is 0 Å². The Kier molecular flexibility index (Phi) is 24.9. The molecule has 8 heteroatoms. The second kappa shape index (κ2) is 25.7. The molecule has 0 aliphatic heterocycles. The third-order valence-electron chi connectivity index (χ3n) is 6.99. The van der Waals surface area contributed by atoms with Crippen LogP contribution in [-0.4, -0.2) is 53.1 Å². The van der Waals surface area contributed by atoms with Crippen LogP contribution in [-0.2, 0) is 14.9 Å². The van der Waals surface area contributed by atoms with Gasteiger partial charge >= 0.3 is 0 Å². The fourth-order valence-corrected chi connectivity index (χ4v) is 5.26. The van der Waals surface area contributed by atoms with Crippen LogP contribution in [0, 0.1) is 0 Å². The first-order chi connectivity index (χ1) is 18.7. The largest absolute Gasteiger partial charge is 0.387 e. The van der Waals surface area contributed by atoms with Crippen LogP contribution in [0.25, 0.3) is 0 Å². The number of carbonyl (C=O) groups excluding carboxylic acids is 1. The highest BCUT2D eigenvalue weighted by Crippen LogP contribution is 2.13. The van der Waals surface area contributed by atoms with E-state index in [1.54, 1.807) is 6.08 Å². The second-order valence-corrected chi connectivity index (χ2v) is 12.4. The van der Waals surface area contributed by atoms with Gasteiger partial charge in [-0.05, 0) is 32.1 Å². The average molecular weight is 574 g/mol. The summed E-state index contributed by atoms with van der Waals surface area (Å²) in [4.78, 5) is 12.4. The summed E-state index contributed by atoms with van der Waals surface area (Å²) in [7, 11) is -4.43. The monoisotopic (exact) mass is 573 g/mol. The molecule has 4 N–H and O–H groups in total. The fourth-order valence-electron chi connectivity index (χ4n) is 4.53. The molecule has 0 aliphatic carbocycles. The van der Waals surface area contributed by atoms with E-state index < -0.39 is 40.0 Å². The molecule has 0 aromatic carbocycles. The summed E-state index contributed by atoms with van der Waals surface area (Å²) in [6.07, 6.45) is 26.7. The highest BCUT2D eigenvalue weighted by atomic mass is 32.2. The zero-order chi connectivity index (χ0) is 29.2. The van der Waals surface area contributed by atoms with Crippen molar-refractivity contribution in [3.05, 3.63) is 24.3 Å². The first-order valence-electron chi connectivity index (χ1n) is 15.6. The van der Waals surface area contributed by atoms with Gasteiger partial charge in [0, 0.05) is 0 Å². The highest BCUT2D eigenvalue weighted by Gasteiger charge is 2.27. The Labute approximate surface area is 239 Å². The quantitative estimate of drug-likeness (QED) is 0.0475. The zero-order valence-electron chi connectivity index (χ0n) is 24.9. The van der Waals surface area contributed by atoms with E-state index in [1.807, 2.05) is 0 Å². The SMILES string of the molecule is CCCCCCCC/C=C/CC/C=C/C(O)C(CS(=O)(=O)O)NC(=O)C(O)CCCCCCCCCCCC. The first-order valence-corrected chi connectivity index (χ1v) is 17.3. The summed E-state index contributed by atoms with van der Waals surface area (Å²) < 4.78 is 32.2. The zero-order valence-corrected chi connectivity index (χ0v) is 25.7. The van der Waals surface area contributed by atoms with Crippen molar-refractivity contribution in [2.45, 2.75) is 161 Å². The molecule has 3 atom stereocenters. The Morgan fingerprint density at radius 2 is 1.15 bits per heavy atom. The molecule has 0 spiro atoms. The molecule has 0 bridgehead atoms. The molecule has 0 rings (SSSR count). The minimum atomic E-state index is -4.43. The predicted octanol–water partition coefficient (Wildman–Crippen LogP) is 7.04. The molecule has 0 saturated heterocycles. The molecule has 0 aromatic heterocycles. The van der Waals surface area contributed by atoms with Crippen LogP contribution in [0.4, 0.5) is 0 Å². The topological polar surface area (TPSA) is 124 Å². The van der Waals surface area contributed by atoms with Gasteiger partial charge in [-0.3, -0.25) is 9.35 Å². The van der Waals surface area contributed by atoms with Crippen LogP contribution < -0.4 is 5.32 Å². The van der Waals surface area contributed by atoms with Crippen LogP contribution in [0.2, 0.25) is 0 Å². The number of aliphatic hydroxyl groups is 2. The van der Waals surface area contributed by atoms with Crippen molar-refractivity contribution in [2.75, 3.05) is 5.75 Å². The molecule has 0 radical (unpaired) electrons. The van der Waals surface area contributed by atoms with Gasteiger partial charge in [-0.25, -0.2) is 0 Å². The van der Waals surface area contributed by atoms with E-state index in [0.29, 0.717) is 12.8 Å². The predicted molar refractivity (Wildman–Crippen MR) is 162 cm³/mol. The summed E-state index contributed by atoms with van der Waals surface area (Å²) in [5, 5.41) is 23.1. The van der Waals surface area contributed by atoms with Gasteiger partial charge in [-0.15, -0.1) is 0 Å². The molecule has 0 aromatic rings. The molecule has 0 saturated carbocycles. The number of hydrogen-bond acceptors (Lipinski definition) is 5. The Bertz CT molecular complexity index is 737. The maximum absolute atomic E-state index is 12.4. The third kappa shape index (κ3) is 25.5. The minimum absolute atomic E-state index is 0.276. The average Bonchev–Trinajstić information content (AvgIpc) is 2.88. The molecule has 3 unspecified atom stereocenters. The maximum atomic E-state index is 12.4. The van der Waals surface area contributed by atoms with Crippen molar-refractivity contribution < 1.29 is 28.0 Å². The van der Waals surface area contributed by atoms with E-state index in [-0.39, 0.29) is 6.42 Å². The van der Waals surface area contributed by atoms with Crippen LogP contribution in [0.3, 0.4) is 0 Å². The molecular formula is C31H59NO6S. The molecule has 0 fully saturated rings. The summed E-state index contributed by atoms with van der Waals surface area (Å²) in [6.45, 7) is 4.42. The first kappa shape index (κ1) is 37.8. The lowest BCUT2D eigenvalue weighted by atomic mass is 10.0. The number of aliphatic hydroxyl groups excluding tert-OH is 2. The molecule has 1 amide bonds. The van der Waals surface area contributed by atoms with Crippen molar-refractivity contribution >= 4 is 16.0 Å². The lowest BCUT2D eigenvalue weighted by Gasteiger charge is -2.22. The number of nitrogens with one attached hydrogen (secondary N) is 1. The number of rotatable bonds is 27. The summed E-state index contributed by atoms with van der Waals surface area (Å²) in [5.74, 6) is -1.56. The van der Waals surface area contributed by atoms with Gasteiger partial charge in [0.1, 0.15) is 6.10 Å².